The predicted octanol–water partition coefficient (Wildman–Crippen LogP) is 5.30. The fourth-order valence-electron chi connectivity index (χ4n) is 6.77. The van der Waals surface area contributed by atoms with Crippen LogP contribution in [0.15, 0.2) is 79.3 Å². The molecule has 0 radical (unpaired) electrons. The van der Waals surface area contributed by atoms with Crippen molar-refractivity contribution in [3.8, 4) is 17.8 Å². The molecule has 2 aromatic heterocycles. The smallest absolute Gasteiger partial charge is 0.422 e. The molecule has 0 saturated carbocycles. The van der Waals surface area contributed by atoms with E-state index < -0.39 is 12.8 Å². The molecule has 274 valence electrons. The highest BCUT2D eigenvalue weighted by atomic mass is 35.5. The van der Waals surface area contributed by atoms with E-state index in [1.54, 1.807) is 11.8 Å². The second-order valence-electron chi connectivity index (χ2n) is 11.9. The maximum absolute atomic E-state index is 13.5. The van der Waals surface area contributed by atoms with Crippen LogP contribution >= 0.6 is 24.8 Å². The van der Waals surface area contributed by atoms with Crippen molar-refractivity contribution in [3.63, 3.8) is 0 Å². The molecule has 2 saturated heterocycles. The van der Waals surface area contributed by atoms with Gasteiger partial charge in [0.1, 0.15) is 5.69 Å². The van der Waals surface area contributed by atoms with Gasteiger partial charge in [0.15, 0.2) is 6.61 Å². The van der Waals surface area contributed by atoms with Crippen molar-refractivity contribution in [2.75, 3.05) is 53.0 Å². The lowest BCUT2D eigenvalue weighted by molar-refractivity contribution is -0.154. The second kappa shape index (κ2) is 17.8. The van der Waals surface area contributed by atoms with Crippen LogP contribution in [0.5, 0.6) is 17.8 Å². The standard InChI is InChI=1S/C35H38F3N7O4.2ClH/c1-3-48-34-41-31(47-2)27(32(42-34)49-23-35(36,37)38)21-43-19-26-20-44(33(46)28-18-39-14-15-40-28)16-17-45(26)29(22-43)30(24-10-6-4-7-11-24)25-12-8-5-9-13-25;;/h4-15,18,26,29-30H,3,16-17,19-23H2,1-2H3;2*1H/t26-,29+;;/m1../s1. The van der Waals surface area contributed by atoms with Crippen LogP contribution in [0.4, 0.5) is 13.2 Å². The molecule has 2 atom stereocenters. The molecule has 2 aromatic carbocycles. The molecule has 2 fully saturated rings. The second-order valence-corrected chi connectivity index (χ2v) is 11.9. The van der Waals surface area contributed by atoms with Crippen LogP contribution in [-0.4, -0.2) is 112 Å². The number of piperazine rings is 2. The van der Waals surface area contributed by atoms with E-state index in [4.69, 9.17) is 14.2 Å². The van der Waals surface area contributed by atoms with Crippen molar-refractivity contribution < 1.29 is 32.2 Å². The van der Waals surface area contributed by atoms with Crippen molar-refractivity contribution in [1.29, 1.82) is 0 Å². The van der Waals surface area contributed by atoms with Gasteiger partial charge in [-0.1, -0.05) is 60.7 Å². The molecule has 2 aliphatic rings. The summed E-state index contributed by atoms with van der Waals surface area (Å²) in [6, 6.07) is 20.2. The minimum atomic E-state index is -4.59. The van der Waals surface area contributed by atoms with E-state index in [9.17, 15) is 18.0 Å². The van der Waals surface area contributed by atoms with Gasteiger partial charge >= 0.3 is 12.2 Å². The van der Waals surface area contributed by atoms with Crippen LogP contribution < -0.4 is 14.2 Å². The van der Waals surface area contributed by atoms with E-state index in [-0.39, 0.29) is 90.9 Å². The van der Waals surface area contributed by atoms with Crippen molar-refractivity contribution in [2.45, 2.75) is 37.6 Å². The van der Waals surface area contributed by atoms with Gasteiger partial charge in [-0.25, -0.2) is 4.98 Å². The number of methoxy groups -OCH3 is 1. The highest BCUT2D eigenvalue weighted by Gasteiger charge is 2.44. The highest BCUT2D eigenvalue weighted by Crippen LogP contribution is 2.38. The molecule has 16 heteroatoms. The molecular formula is C35H40Cl2F3N7O4. The Morgan fingerprint density at radius 1 is 0.902 bits per heavy atom. The number of amides is 1. The van der Waals surface area contributed by atoms with E-state index in [1.807, 2.05) is 36.4 Å². The fourth-order valence-corrected chi connectivity index (χ4v) is 6.77. The van der Waals surface area contributed by atoms with Gasteiger partial charge in [-0.15, -0.1) is 24.8 Å². The molecule has 4 aromatic rings. The maximum Gasteiger partial charge on any atom is 0.422 e. The number of hydrogen-bond donors (Lipinski definition) is 0. The minimum Gasteiger partial charge on any atom is -0.481 e. The van der Waals surface area contributed by atoms with Crippen LogP contribution in [0.1, 0.15) is 40.0 Å². The van der Waals surface area contributed by atoms with E-state index in [1.165, 1.54) is 25.7 Å². The molecule has 6 rings (SSSR count). The van der Waals surface area contributed by atoms with Gasteiger partial charge in [0.25, 0.3) is 5.91 Å². The highest BCUT2D eigenvalue weighted by molar-refractivity contribution is 5.92. The third-order valence-corrected chi connectivity index (χ3v) is 8.77. The summed E-state index contributed by atoms with van der Waals surface area (Å²) in [6.07, 6.45) is -0.0991. The SMILES string of the molecule is CCOc1nc(OC)c(CN2C[C@@H]3CN(C(=O)c4cnccn4)CCN3[C@H](C(c3ccccc3)c3ccccc3)C2)c(OCC(F)(F)F)n1.Cl.Cl. The number of aromatic nitrogens is 4. The first-order valence-corrected chi connectivity index (χ1v) is 16.1. The van der Waals surface area contributed by atoms with Crippen LogP contribution in [0, 0.1) is 0 Å². The van der Waals surface area contributed by atoms with Crippen LogP contribution in [0.3, 0.4) is 0 Å². The minimum absolute atomic E-state index is 0. The van der Waals surface area contributed by atoms with Gasteiger partial charge in [0.05, 0.1) is 25.5 Å². The summed E-state index contributed by atoms with van der Waals surface area (Å²) in [7, 11) is 1.40. The summed E-state index contributed by atoms with van der Waals surface area (Å²) >= 11 is 0. The molecule has 11 nitrogen and oxygen atoms in total. The third kappa shape index (κ3) is 9.56. The number of benzene rings is 2. The number of fused-ring (bicyclic) bond motifs is 1. The van der Waals surface area contributed by atoms with Crippen LogP contribution in [-0.2, 0) is 6.54 Å². The lowest BCUT2D eigenvalue weighted by Gasteiger charge is -2.53. The number of carbonyl (C=O) groups excluding carboxylic acids is 1. The van der Waals surface area contributed by atoms with E-state index >= 15 is 0 Å². The first kappa shape index (κ1) is 39.5. The molecule has 0 spiro atoms. The lowest BCUT2D eigenvalue weighted by atomic mass is 9.81. The molecule has 51 heavy (non-hydrogen) atoms. The van der Waals surface area contributed by atoms with Crippen molar-refractivity contribution in [1.82, 2.24) is 34.6 Å². The average Bonchev–Trinajstić information content (AvgIpc) is 3.12. The van der Waals surface area contributed by atoms with Gasteiger partial charge in [-0.2, -0.15) is 23.1 Å². The van der Waals surface area contributed by atoms with Crippen molar-refractivity contribution in [2.24, 2.45) is 0 Å². The number of carbonyl (C=O) groups is 1. The molecule has 0 unspecified atom stereocenters. The van der Waals surface area contributed by atoms with E-state index in [2.05, 4.69) is 54.0 Å². The number of hydrogen-bond acceptors (Lipinski definition) is 10. The molecular weight excluding hydrogens is 710 g/mol. The number of alkyl halides is 3. The molecule has 4 heterocycles. The molecule has 0 N–H and O–H groups in total. The Kier molecular flexibility index (Phi) is 13.8. The fraction of sp³-hybridized carbons (Fsp3) is 0.400. The number of nitrogens with zero attached hydrogens (tertiary/aromatic N) is 7. The van der Waals surface area contributed by atoms with Crippen LogP contribution in [0.25, 0.3) is 0 Å². The Hall–Kier alpha value is -4.24. The Labute approximate surface area is 307 Å². The summed E-state index contributed by atoms with van der Waals surface area (Å²) < 4.78 is 56.3. The van der Waals surface area contributed by atoms with Gasteiger partial charge in [-0.05, 0) is 18.1 Å². The largest absolute Gasteiger partial charge is 0.481 e. The number of halogens is 5. The Morgan fingerprint density at radius 3 is 2.16 bits per heavy atom. The average molecular weight is 751 g/mol. The summed E-state index contributed by atoms with van der Waals surface area (Å²) in [5.74, 6) is -0.430. The summed E-state index contributed by atoms with van der Waals surface area (Å²) in [4.78, 5) is 36.8. The molecule has 0 bridgehead atoms. The van der Waals surface area contributed by atoms with E-state index in [0.717, 1.165) is 11.1 Å². The Morgan fingerprint density at radius 2 is 1.57 bits per heavy atom. The zero-order chi connectivity index (χ0) is 34.4. The van der Waals surface area contributed by atoms with Gasteiger partial charge in [0.2, 0.25) is 11.8 Å². The summed E-state index contributed by atoms with van der Waals surface area (Å²) in [5.41, 5.74) is 2.82. The normalized spacial score (nSPS) is 17.9. The first-order chi connectivity index (χ1) is 23.7. The monoisotopic (exact) mass is 749 g/mol. The van der Waals surface area contributed by atoms with E-state index in [0.29, 0.717) is 32.7 Å². The van der Waals surface area contributed by atoms with Gasteiger partial charge < -0.3 is 19.1 Å². The van der Waals surface area contributed by atoms with Gasteiger partial charge in [0, 0.05) is 69.7 Å². The lowest BCUT2D eigenvalue weighted by Crippen LogP contribution is -2.67. The first-order valence-electron chi connectivity index (χ1n) is 16.1. The van der Waals surface area contributed by atoms with Crippen LogP contribution in [0.2, 0.25) is 0 Å². The van der Waals surface area contributed by atoms with Crippen molar-refractivity contribution >= 4 is 30.7 Å². The molecule has 1 amide bonds. The summed E-state index contributed by atoms with van der Waals surface area (Å²) in [6.45, 7) is 3.15. The molecule has 2 aliphatic heterocycles. The maximum atomic E-state index is 13.5. The Bertz CT molecular complexity index is 1660. The Balaban J connectivity index is 0.00000292. The predicted molar refractivity (Wildman–Crippen MR) is 188 cm³/mol. The third-order valence-electron chi connectivity index (χ3n) is 8.77. The zero-order valence-electron chi connectivity index (χ0n) is 28.1. The quantitative estimate of drug-likeness (QED) is 0.201. The number of ether oxygens (including phenoxy) is 3. The number of rotatable bonds is 11. The zero-order valence-corrected chi connectivity index (χ0v) is 29.7. The van der Waals surface area contributed by atoms with Crippen molar-refractivity contribution in [3.05, 3.63) is 102 Å². The van der Waals surface area contributed by atoms with Gasteiger partial charge in [-0.3, -0.25) is 19.6 Å². The topological polar surface area (TPSA) is 106 Å². The summed E-state index contributed by atoms with van der Waals surface area (Å²) in [5, 5.41) is 0. The molecule has 0 aliphatic carbocycles.